The van der Waals surface area contributed by atoms with Gasteiger partial charge in [0.25, 0.3) is 0 Å². The van der Waals surface area contributed by atoms with Gasteiger partial charge in [0, 0.05) is 0 Å². The highest BCUT2D eigenvalue weighted by atomic mass is 16.5. The average molecular weight is 234 g/mol. The molecule has 0 N–H and O–H groups in total. The van der Waals surface area contributed by atoms with Crippen LogP contribution in [0.4, 0.5) is 0 Å². The molecule has 94 valence electrons. The van der Waals surface area contributed by atoms with Crippen LogP contribution < -0.4 is 4.74 Å². The summed E-state index contributed by atoms with van der Waals surface area (Å²) in [6.07, 6.45) is 2.23. The summed E-state index contributed by atoms with van der Waals surface area (Å²) in [5.74, 6) is 0.878. The van der Waals surface area contributed by atoms with Gasteiger partial charge in [-0.1, -0.05) is 24.6 Å². The molecular weight excluding hydrogens is 212 g/mol. The highest BCUT2D eigenvalue weighted by Gasteiger charge is 2.06. The van der Waals surface area contributed by atoms with Gasteiger partial charge in [-0.2, -0.15) is 0 Å². The van der Waals surface area contributed by atoms with Crippen molar-refractivity contribution in [1.29, 1.82) is 0 Å². The lowest BCUT2D eigenvalue weighted by Crippen LogP contribution is -2.11. The largest absolute Gasteiger partial charge is 0.497 e. The van der Waals surface area contributed by atoms with Crippen LogP contribution >= 0.6 is 0 Å². The van der Waals surface area contributed by atoms with Gasteiger partial charge in [-0.25, -0.2) is 0 Å². The first-order chi connectivity index (χ1) is 8.15. The van der Waals surface area contributed by atoms with E-state index in [9.17, 15) is 0 Å². The van der Waals surface area contributed by atoms with Gasteiger partial charge in [0.2, 0.25) is 0 Å². The molecule has 0 saturated heterocycles. The molecule has 0 fully saturated rings. The molecule has 0 bridgehead atoms. The van der Waals surface area contributed by atoms with E-state index >= 15 is 0 Å². The summed E-state index contributed by atoms with van der Waals surface area (Å²) in [4.78, 5) is 0. The smallest absolute Gasteiger partial charge is 0.118 e. The molecule has 0 aliphatic carbocycles. The molecular formula is C15H22O2. The number of benzene rings is 1. The van der Waals surface area contributed by atoms with E-state index in [4.69, 9.17) is 9.47 Å². The van der Waals surface area contributed by atoms with Crippen LogP contribution in [-0.2, 0) is 11.3 Å². The highest BCUT2D eigenvalue weighted by Crippen LogP contribution is 2.15. The Hall–Kier alpha value is -1.28. The van der Waals surface area contributed by atoms with E-state index in [2.05, 4.69) is 13.5 Å². The SMILES string of the molecule is C=C(C)CC(CC)OCc1ccc(OC)cc1. The highest BCUT2D eigenvalue weighted by molar-refractivity contribution is 5.26. The summed E-state index contributed by atoms with van der Waals surface area (Å²) < 4.78 is 11.0. The Labute approximate surface area is 104 Å². The van der Waals surface area contributed by atoms with Gasteiger partial charge in [0.15, 0.2) is 0 Å². The van der Waals surface area contributed by atoms with Gasteiger partial charge in [-0.3, -0.25) is 0 Å². The predicted molar refractivity (Wildman–Crippen MR) is 71.3 cm³/mol. The molecule has 0 amide bonds. The van der Waals surface area contributed by atoms with Crippen LogP contribution in [0.5, 0.6) is 5.75 Å². The van der Waals surface area contributed by atoms with Crippen LogP contribution in [0.2, 0.25) is 0 Å². The van der Waals surface area contributed by atoms with Crippen molar-refractivity contribution in [3.05, 3.63) is 42.0 Å². The Morgan fingerprint density at radius 3 is 2.41 bits per heavy atom. The molecule has 0 saturated carbocycles. The number of hydrogen-bond acceptors (Lipinski definition) is 2. The first kappa shape index (κ1) is 13.8. The Kier molecular flexibility index (Phi) is 5.78. The van der Waals surface area contributed by atoms with Crippen LogP contribution in [0.3, 0.4) is 0 Å². The van der Waals surface area contributed by atoms with Gasteiger partial charge in [-0.05, 0) is 37.5 Å². The van der Waals surface area contributed by atoms with E-state index in [0.717, 1.165) is 18.6 Å². The van der Waals surface area contributed by atoms with Gasteiger partial charge in [-0.15, -0.1) is 6.58 Å². The second-order valence-electron chi connectivity index (χ2n) is 4.35. The zero-order valence-electron chi connectivity index (χ0n) is 11.0. The number of ether oxygens (including phenoxy) is 2. The first-order valence-corrected chi connectivity index (χ1v) is 6.04. The van der Waals surface area contributed by atoms with Crippen LogP contribution in [-0.4, -0.2) is 13.2 Å². The van der Waals surface area contributed by atoms with E-state index in [0.29, 0.717) is 6.61 Å². The quantitative estimate of drug-likeness (QED) is 0.665. The van der Waals surface area contributed by atoms with Crippen LogP contribution in [0.15, 0.2) is 36.4 Å². The van der Waals surface area contributed by atoms with Gasteiger partial charge < -0.3 is 9.47 Å². The normalized spacial score (nSPS) is 12.2. The molecule has 17 heavy (non-hydrogen) atoms. The second-order valence-corrected chi connectivity index (χ2v) is 4.35. The summed E-state index contributed by atoms with van der Waals surface area (Å²) in [6, 6.07) is 7.98. The molecule has 0 aliphatic rings. The molecule has 0 heterocycles. The summed E-state index contributed by atoms with van der Waals surface area (Å²) in [6.45, 7) is 8.75. The molecule has 2 nitrogen and oxygen atoms in total. The van der Waals surface area contributed by atoms with Crippen molar-refractivity contribution < 1.29 is 9.47 Å². The zero-order valence-corrected chi connectivity index (χ0v) is 11.0. The van der Waals surface area contributed by atoms with Crippen molar-refractivity contribution in [2.75, 3.05) is 7.11 Å². The molecule has 0 radical (unpaired) electrons. The lowest BCUT2D eigenvalue weighted by atomic mass is 10.1. The van der Waals surface area contributed by atoms with Crippen LogP contribution in [0.1, 0.15) is 32.3 Å². The summed E-state index contributed by atoms with van der Waals surface area (Å²) in [7, 11) is 1.67. The maximum atomic E-state index is 5.86. The fourth-order valence-electron chi connectivity index (χ4n) is 1.65. The van der Waals surface area contributed by atoms with Gasteiger partial charge in [0.05, 0.1) is 19.8 Å². The monoisotopic (exact) mass is 234 g/mol. The zero-order chi connectivity index (χ0) is 12.7. The average Bonchev–Trinajstić information content (AvgIpc) is 2.34. The number of hydrogen-bond donors (Lipinski definition) is 0. The Morgan fingerprint density at radius 1 is 1.29 bits per heavy atom. The molecule has 0 aliphatic heterocycles. The minimum atomic E-state index is 0.273. The van der Waals surface area contributed by atoms with E-state index in [1.165, 1.54) is 11.1 Å². The standard InChI is InChI=1S/C15H22O2/c1-5-14(10-12(2)3)17-11-13-6-8-15(16-4)9-7-13/h6-9,14H,2,5,10-11H2,1,3-4H3. The van der Waals surface area contributed by atoms with E-state index in [1.807, 2.05) is 31.2 Å². The molecule has 1 unspecified atom stereocenters. The minimum absolute atomic E-state index is 0.273. The topological polar surface area (TPSA) is 18.5 Å². The maximum absolute atomic E-state index is 5.86. The Morgan fingerprint density at radius 2 is 1.94 bits per heavy atom. The van der Waals surface area contributed by atoms with Crippen molar-refractivity contribution in [1.82, 2.24) is 0 Å². The van der Waals surface area contributed by atoms with Crippen molar-refractivity contribution >= 4 is 0 Å². The van der Waals surface area contributed by atoms with Crippen molar-refractivity contribution in [2.45, 2.75) is 39.4 Å². The third-order valence-corrected chi connectivity index (χ3v) is 2.68. The third kappa shape index (κ3) is 5.05. The third-order valence-electron chi connectivity index (χ3n) is 2.68. The van der Waals surface area contributed by atoms with Crippen molar-refractivity contribution in [3.8, 4) is 5.75 Å². The molecule has 0 aromatic heterocycles. The van der Waals surface area contributed by atoms with Crippen molar-refractivity contribution in [3.63, 3.8) is 0 Å². The van der Waals surface area contributed by atoms with Crippen LogP contribution in [0.25, 0.3) is 0 Å². The van der Waals surface area contributed by atoms with Gasteiger partial charge in [0.1, 0.15) is 5.75 Å². The first-order valence-electron chi connectivity index (χ1n) is 6.04. The minimum Gasteiger partial charge on any atom is -0.497 e. The van der Waals surface area contributed by atoms with E-state index in [-0.39, 0.29) is 6.10 Å². The second kappa shape index (κ2) is 7.13. The lowest BCUT2D eigenvalue weighted by molar-refractivity contribution is 0.0386. The summed E-state index contributed by atoms with van der Waals surface area (Å²) in [5.41, 5.74) is 2.34. The summed E-state index contributed by atoms with van der Waals surface area (Å²) in [5, 5.41) is 0. The molecule has 1 aromatic rings. The van der Waals surface area contributed by atoms with Crippen LogP contribution in [0, 0.1) is 0 Å². The van der Waals surface area contributed by atoms with Crippen molar-refractivity contribution in [2.24, 2.45) is 0 Å². The molecule has 1 aromatic carbocycles. The number of methoxy groups -OCH3 is 1. The number of rotatable bonds is 7. The predicted octanol–water partition coefficient (Wildman–Crippen LogP) is 3.96. The Bertz CT molecular complexity index is 340. The molecule has 1 rings (SSSR count). The maximum Gasteiger partial charge on any atom is 0.118 e. The fraction of sp³-hybridized carbons (Fsp3) is 0.467. The molecule has 0 spiro atoms. The van der Waals surface area contributed by atoms with E-state index in [1.54, 1.807) is 7.11 Å². The molecule has 1 atom stereocenters. The van der Waals surface area contributed by atoms with E-state index < -0.39 is 0 Å². The fourth-order valence-corrected chi connectivity index (χ4v) is 1.65. The Balaban J connectivity index is 2.44. The molecule has 2 heteroatoms. The summed E-state index contributed by atoms with van der Waals surface area (Å²) >= 11 is 0. The lowest BCUT2D eigenvalue weighted by Gasteiger charge is -2.16. The van der Waals surface area contributed by atoms with Gasteiger partial charge >= 0.3 is 0 Å².